The summed E-state index contributed by atoms with van der Waals surface area (Å²) in [5, 5.41) is 3.57. The van der Waals surface area contributed by atoms with Crippen LogP contribution in [0.15, 0.2) is 72.9 Å². The van der Waals surface area contributed by atoms with Crippen LogP contribution in [0.5, 0.6) is 0 Å². The lowest BCUT2D eigenvalue weighted by atomic mass is 10.0. The molecule has 4 rings (SSSR count). The molecule has 3 N–H and O–H groups in total. The molecule has 132 valence electrons. The Morgan fingerprint density at radius 2 is 1.67 bits per heavy atom. The number of anilines is 2. The molecule has 0 aliphatic carbocycles. The first-order valence-corrected chi connectivity index (χ1v) is 9.10. The summed E-state index contributed by atoms with van der Waals surface area (Å²) in [5.41, 5.74) is 7.95. The summed E-state index contributed by atoms with van der Waals surface area (Å²) < 4.78 is 0. The average Bonchev–Trinajstić information content (AvgIpc) is 3.06. The number of hydrogen-bond donors (Lipinski definition) is 2. The first-order chi connectivity index (χ1) is 13.1. The van der Waals surface area contributed by atoms with Gasteiger partial charge in [-0.1, -0.05) is 42.5 Å². The van der Waals surface area contributed by atoms with Crippen molar-refractivity contribution >= 4 is 44.6 Å². The number of para-hydroxylation sites is 1. The predicted octanol–water partition coefficient (Wildman–Crippen LogP) is 4.36. The molecule has 6 heteroatoms. The van der Waals surface area contributed by atoms with Gasteiger partial charge in [-0.15, -0.1) is 11.3 Å². The number of nitrogens with one attached hydrogen (secondary N) is 1. The van der Waals surface area contributed by atoms with Crippen LogP contribution in [-0.2, 0) is 0 Å². The number of ketones is 1. The Morgan fingerprint density at radius 3 is 2.44 bits per heavy atom. The van der Waals surface area contributed by atoms with Crippen molar-refractivity contribution in [1.82, 2.24) is 4.98 Å². The highest BCUT2D eigenvalue weighted by Crippen LogP contribution is 2.32. The van der Waals surface area contributed by atoms with E-state index in [9.17, 15) is 9.59 Å². The number of benzene rings is 2. The number of nitrogens with two attached hydrogens (primary N) is 1. The minimum Gasteiger partial charge on any atom is -0.397 e. The van der Waals surface area contributed by atoms with Crippen molar-refractivity contribution < 1.29 is 9.59 Å². The van der Waals surface area contributed by atoms with Crippen LogP contribution in [-0.4, -0.2) is 16.7 Å². The number of fused-ring (bicyclic) bond motifs is 1. The number of nitrogen functional groups attached to an aromatic ring is 1. The van der Waals surface area contributed by atoms with E-state index in [1.807, 2.05) is 12.1 Å². The molecule has 0 spiro atoms. The van der Waals surface area contributed by atoms with E-state index in [-0.39, 0.29) is 11.7 Å². The van der Waals surface area contributed by atoms with Gasteiger partial charge in [-0.3, -0.25) is 9.59 Å². The molecule has 4 aromatic rings. The van der Waals surface area contributed by atoms with Crippen LogP contribution in [0.4, 0.5) is 11.4 Å². The zero-order valence-corrected chi connectivity index (χ0v) is 15.0. The fraction of sp³-hybridized carbons (Fsp3) is 0. The highest BCUT2D eigenvalue weighted by Gasteiger charge is 2.20. The maximum absolute atomic E-state index is 12.8. The minimum absolute atomic E-state index is 0.155. The van der Waals surface area contributed by atoms with Gasteiger partial charge in [-0.25, -0.2) is 4.98 Å². The maximum atomic E-state index is 12.8. The Morgan fingerprint density at radius 1 is 0.926 bits per heavy atom. The lowest BCUT2D eigenvalue weighted by molar-refractivity contribution is 0.103. The normalized spacial score (nSPS) is 10.7. The van der Waals surface area contributed by atoms with Gasteiger partial charge in [0, 0.05) is 22.7 Å². The van der Waals surface area contributed by atoms with Crippen LogP contribution in [0.25, 0.3) is 10.2 Å². The molecule has 0 bridgehead atoms. The Labute approximate surface area is 159 Å². The molecule has 2 heterocycles. The molecule has 0 fully saturated rings. The number of amides is 1. The zero-order chi connectivity index (χ0) is 18.8. The van der Waals surface area contributed by atoms with Crippen LogP contribution < -0.4 is 11.1 Å². The van der Waals surface area contributed by atoms with Crippen molar-refractivity contribution in [2.24, 2.45) is 0 Å². The van der Waals surface area contributed by atoms with Gasteiger partial charge in [0.05, 0.1) is 11.4 Å². The number of carbonyl (C=O) groups excluding carboxylic acids is 2. The minimum atomic E-state index is -0.358. The molecule has 0 unspecified atom stereocenters. The van der Waals surface area contributed by atoms with E-state index in [1.54, 1.807) is 60.8 Å². The van der Waals surface area contributed by atoms with Crippen LogP contribution in [0.1, 0.15) is 25.6 Å². The molecule has 2 aromatic heterocycles. The van der Waals surface area contributed by atoms with Crippen molar-refractivity contribution in [3.8, 4) is 0 Å². The monoisotopic (exact) mass is 373 g/mol. The summed E-state index contributed by atoms with van der Waals surface area (Å²) in [6.45, 7) is 0. The largest absolute Gasteiger partial charge is 0.397 e. The van der Waals surface area contributed by atoms with Crippen molar-refractivity contribution in [2.45, 2.75) is 0 Å². The summed E-state index contributed by atoms with van der Waals surface area (Å²) in [4.78, 5) is 30.9. The van der Waals surface area contributed by atoms with E-state index in [4.69, 9.17) is 5.73 Å². The average molecular weight is 373 g/mol. The molecule has 1 amide bonds. The number of nitrogens with zero attached hydrogens (tertiary/aromatic N) is 1. The van der Waals surface area contributed by atoms with Gasteiger partial charge in [0.1, 0.15) is 9.71 Å². The lowest BCUT2D eigenvalue weighted by Crippen LogP contribution is -2.15. The second-order valence-electron chi connectivity index (χ2n) is 5.90. The van der Waals surface area contributed by atoms with Gasteiger partial charge >= 0.3 is 0 Å². The molecule has 27 heavy (non-hydrogen) atoms. The van der Waals surface area contributed by atoms with Gasteiger partial charge in [-0.05, 0) is 24.3 Å². The molecular weight excluding hydrogens is 358 g/mol. The number of rotatable bonds is 4. The van der Waals surface area contributed by atoms with Crippen molar-refractivity contribution in [1.29, 1.82) is 0 Å². The van der Waals surface area contributed by atoms with E-state index in [1.165, 1.54) is 11.3 Å². The van der Waals surface area contributed by atoms with Crippen molar-refractivity contribution in [3.63, 3.8) is 0 Å². The van der Waals surface area contributed by atoms with Crippen molar-refractivity contribution in [2.75, 3.05) is 11.1 Å². The van der Waals surface area contributed by atoms with Gasteiger partial charge in [0.2, 0.25) is 0 Å². The molecule has 0 saturated heterocycles. The van der Waals surface area contributed by atoms with Crippen LogP contribution in [0, 0.1) is 0 Å². The first-order valence-electron chi connectivity index (χ1n) is 8.28. The molecule has 0 aliphatic heterocycles. The molecule has 5 nitrogen and oxygen atoms in total. The number of carbonyl (C=O) groups is 2. The third-order valence-corrected chi connectivity index (χ3v) is 5.29. The van der Waals surface area contributed by atoms with Gasteiger partial charge in [-0.2, -0.15) is 0 Å². The fourth-order valence-corrected chi connectivity index (χ4v) is 3.79. The zero-order valence-electron chi connectivity index (χ0n) is 14.2. The fourth-order valence-electron chi connectivity index (χ4n) is 2.83. The number of aromatic nitrogens is 1. The summed E-state index contributed by atoms with van der Waals surface area (Å²) in [7, 11) is 0. The van der Waals surface area contributed by atoms with E-state index in [2.05, 4.69) is 10.3 Å². The third-order valence-electron chi connectivity index (χ3n) is 4.17. The van der Waals surface area contributed by atoms with Crippen LogP contribution in [0.2, 0.25) is 0 Å². The van der Waals surface area contributed by atoms with Crippen molar-refractivity contribution in [3.05, 3.63) is 88.9 Å². The quantitative estimate of drug-likeness (QED) is 0.521. The highest BCUT2D eigenvalue weighted by molar-refractivity contribution is 7.21. The summed E-state index contributed by atoms with van der Waals surface area (Å²) in [5.74, 6) is -0.513. The van der Waals surface area contributed by atoms with Crippen LogP contribution in [0.3, 0.4) is 0 Å². The lowest BCUT2D eigenvalue weighted by Gasteiger charge is -2.10. The van der Waals surface area contributed by atoms with E-state index in [0.29, 0.717) is 32.2 Å². The van der Waals surface area contributed by atoms with E-state index < -0.39 is 0 Å². The molecule has 2 aromatic carbocycles. The Kier molecular flexibility index (Phi) is 4.40. The predicted molar refractivity (Wildman–Crippen MR) is 108 cm³/mol. The Bertz CT molecular complexity index is 1150. The Hall–Kier alpha value is -3.51. The molecule has 0 atom stereocenters. The number of thiophene rings is 1. The smallest absolute Gasteiger partial charge is 0.267 e. The Balaban J connectivity index is 1.68. The second kappa shape index (κ2) is 7.01. The molecule has 0 radical (unpaired) electrons. The molecule has 0 aliphatic rings. The summed E-state index contributed by atoms with van der Waals surface area (Å²) in [6.07, 6.45) is 1.66. The number of pyridine rings is 1. The van der Waals surface area contributed by atoms with Gasteiger partial charge in [0.25, 0.3) is 5.91 Å². The standard InChI is InChI=1S/C21H15N3O2S/c22-17-15-10-6-12-23-21(15)27-19(17)20(26)24-16-11-5-4-9-14(16)18(25)13-7-2-1-3-8-13/h1-12H,22H2,(H,24,26). The summed E-state index contributed by atoms with van der Waals surface area (Å²) in [6, 6.07) is 19.5. The molecule has 0 saturated carbocycles. The molecular formula is C21H15N3O2S. The number of hydrogen-bond acceptors (Lipinski definition) is 5. The SMILES string of the molecule is Nc1c(C(=O)Nc2ccccc2C(=O)c2ccccc2)sc2ncccc12. The topological polar surface area (TPSA) is 85.1 Å². The summed E-state index contributed by atoms with van der Waals surface area (Å²) >= 11 is 1.23. The van der Waals surface area contributed by atoms with Gasteiger partial charge in [0.15, 0.2) is 5.78 Å². The first kappa shape index (κ1) is 16.9. The maximum Gasteiger partial charge on any atom is 0.267 e. The second-order valence-corrected chi connectivity index (χ2v) is 6.89. The van der Waals surface area contributed by atoms with Gasteiger partial charge < -0.3 is 11.1 Å². The van der Waals surface area contributed by atoms with E-state index in [0.717, 1.165) is 5.39 Å². The third kappa shape index (κ3) is 3.18. The van der Waals surface area contributed by atoms with E-state index >= 15 is 0 Å². The highest BCUT2D eigenvalue weighted by atomic mass is 32.1. The van der Waals surface area contributed by atoms with Crippen LogP contribution >= 0.6 is 11.3 Å².